The molecule has 3 rings (SSSR count). The van der Waals surface area contributed by atoms with Gasteiger partial charge in [0.2, 0.25) is 0 Å². The Hall–Kier alpha value is -1.55. The van der Waals surface area contributed by atoms with Crippen molar-refractivity contribution in [3.05, 3.63) is 35.9 Å². The predicted octanol–water partition coefficient (Wildman–Crippen LogP) is 2.54. The summed E-state index contributed by atoms with van der Waals surface area (Å²) in [5.74, 6) is 0. The van der Waals surface area contributed by atoms with E-state index in [1.807, 2.05) is 30.3 Å². The van der Waals surface area contributed by atoms with Crippen LogP contribution in [0.2, 0.25) is 0 Å². The standard InChI is InChI=1S/C16H22N2O2/c19-16(20-12-13-6-2-1-3-7-13)17-14-8-9-15(14)18-10-4-5-11-18/h1-3,6-7,14-15H,4-5,8-12H2,(H,17,19)/t14-,15+/m1/s1. The van der Waals surface area contributed by atoms with Gasteiger partial charge in [0.25, 0.3) is 0 Å². The number of hydrogen-bond donors (Lipinski definition) is 1. The molecule has 0 bridgehead atoms. The Morgan fingerprint density at radius 2 is 1.95 bits per heavy atom. The topological polar surface area (TPSA) is 41.6 Å². The van der Waals surface area contributed by atoms with Crippen LogP contribution in [0, 0.1) is 0 Å². The van der Waals surface area contributed by atoms with Gasteiger partial charge in [0.15, 0.2) is 0 Å². The summed E-state index contributed by atoms with van der Waals surface area (Å²) >= 11 is 0. The van der Waals surface area contributed by atoms with Crippen molar-refractivity contribution in [2.75, 3.05) is 13.1 Å². The van der Waals surface area contributed by atoms with Gasteiger partial charge in [-0.05, 0) is 44.3 Å². The lowest BCUT2D eigenvalue weighted by Gasteiger charge is -2.42. The summed E-state index contributed by atoms with van der Waals surface area (Å²) in [4.78, 5) is 14.3. The lowest BCUT2D eigenvalue weighted by Crippen LogP contribution is -2.57. The lowest BCUT2D eigenvalue weighted by molar-refractivity contribution is 0.0880. The Morgan fingerprint density at radius 1 is 1.20 bits per heavy atom. The molecule has 1 aliphatic heterocycles. The number of likely N-dealkylation sites (tertiary alicyclic amines) is 1. The molecule has 1 aromatic rings. The molecule has 0 radical (unpaired) electrons. The third kappa shape index (κ3) is 3.12. The van der Waals surface area contributed by atoms with E-state index in [1.165, 1.54) is 32.4 Å². The molecule has 1 heterocycles. The quantitative estimate of drug-likeness (QED) is 0.917. The van der Waals surface area contributed by atoms with Crippen LogP contribution in [0.1, 0.15) is 31.2 Å². The molecule has 1 aliphatic carbocycles. The van der Waals surface area contributed by atoms with E-state index in [4.69, 9.17) is 4.74 Å². The highest BCUT2D eigenvalue weighted by Gasteiger charge is 2.37. The number of benzene rings is 1. The minimum absolute atomic E-state index is 0.274. The van der Waals surface area contributed by atoms with Gasteiger partial charge in [0.1, 0.15) is 6.61 Å². The zero-order chi connectivity index (χ0) is 13.8. The second-order valence-electron chi connectivity index (χ2n) is 5.70. The molecule has 1 aromatic carbocycles. The fourth-order valence-electron chi connectivity index (χ4n) is 3.08. The maximum absolute atomic E-state index is 11.8. The highest BCUT2D eigenvalue weighted by atomic mass is 16.5. The number of hydrogen-bond acceptors (Lipinski definition) is 3. The van der Waals surface area contributed by atoms with Crippen LogP contribution in [0.3, 0.4) is 0 Å². The van der Waals surface area contributed by atoms with Gasteiger partial charge in [-0.25, -0.2) is 4.79 Å². The maximum atomic E-state index is 11.8. The fourth-order valence-corrected chi connectivity index (χ4v) is 3.08. The second-order valence-corrected chi connectivity index (χ2v) is 5.70. The maximum Gasteiger partial charge on any atom is 0.407 e. The number of carbonyl (C=O) groups is 1. The SMILES string of the molecule is O=C(N[C@@H]1CC[C@@H]1N1CCCC1)OCc1ccccc1. The number of carbonyl (C=O) groups excluding carboxylic acids is 1. The first-order chi connectivity index (χ1) is 9.83. The first kappa shape index (κ1) is 13.4. The Balaban J connectivity index is 1.42. The van der Waals surface area contributed by atoms with Crippen LogP contribution in [0.25, 0.3) is 0 Å². The first-order valence-corrected chi connectivity index (χ1v) is 7.54. The van der Waals surface area contributed by atoms with E-state index in [9.17, 15) is 4.79 Å². The van der Waals surface area contributed by atoms with Crippen molar-refractivity contribution in [2.45, 2.75) is 44.4 Å². The highest BCUT2D eigenvalue weighted by Crippen LogP contribution is 2.28. The van der Waals surface area contributed by atoms with Crippen molar-refractivity contribution in [1.29, 1.82) is 0 Å². The van der Waals surface area contributed by atoms with E-state index < -0.39 is 0 Å². The third-order valence-electron chi connectivity index (χ3n) is 4.36. The third-order valence-corrected chi connectivity index (χ3v) is 4.36. The van der Waals surface area contributed by atoms with Crippen molar-refractivity contribution < 1.29 is 9.53 Å². The fraction of sp³-hybridized carbons (Fsp3) is 0.562. The average molecular weight is 274 g/mol. The summed E-state index contributed by atoms with van der Waals surface area (Å²) in [5.41, 5.74) is 1.02. The van der Waals surface area contributed by atoms with Crippen molar-refractivity contribution in [3.63, 3.8) is 0 Å². The highest BCUT2D eigenvalue weighted by molar-refractivity contribution is 5.67. The molecule has 2 aliphatic rings. The van der Waals surface area contributed by atoms with Gasteiger partial charge in [-0.2, -0.15) is 0 Å². The smallest absolute Gasteiger partial charge is 0.407 e. The average Bonchev–Trinajstić information content (AvgIpc) is 2.96. The van der Waals surface area contributed by atoms with Gasteiger partial charge in [0.05, 0.1) is 0 Å². The number of amides is 1. The number of ether oxygens (including phenoxy) is 1. The summed E-state index contributed by atoms with van der Waals surface area (Å²) in [6.45, 7) is 2.71. The van der Waals surface area contributed by atoms with E-state index >= 15 is 0 Å². The van der Waals surface area contributed by atoms with Gasteiger partial charge in [-0.3, -0.25) is 4.90 Å². The summed E-state index contributed by atoms with van der Waals surface area (Å²) in [5, 5.41) is 3.01. The minimum atomic E-state index is -0.289. The Kier molecular flexibility index (Phi) is 4.21. The van der Waals surface area contributed by atoms with Crippen LogP contribution in [-0.2, 0) is 11.3 Å². The zero-order valence-electron chi connectivity index (χ0n) is 11.8. The molecule has 4 nitrogen and oxygen atoms in total. The molecule has 1 saturated carbocycles. The number of alkyl carbamates (subject to hydrolysis) is 1. The van der Waals surface area contributed by atoms with E-state index in [2.05, 4.69) is 10.2 Å². The van der Waals surface area contributed by atoms with Gasteiger partial charge in [0, 0.05) is 12.1 Å². The minimum Gasteiger partial charge on any atom is -0.445 e. The van der Waals surface area contributed by atoms with E-state index in [1.54, 1.807) is 0 Å². The molecule has 108 valence electrons. The summed E-state index contributed by atoms with van der Waals surface area (Å²) in [6.07, 6.45) is 4.57. The molecular formula is C16H22N2O2. The van der Waals surface area contributed by atoms with E-state index in [0.717, 1.165) is 12.0 Å². The molecule has 2 fully saturated rings. The Bertz CT molecular complexity index is 443. The van der Waals surface area contributed by atoms with E-state index in [0.29, 0.717) is 12.6 Å². The van der Waals surface area contributed by atoms with Crippen molar-refractivity contribution in [2.24, 2.45) is 0 Å². The molecule has 1 amide bonds. The van der Waals surface area contributed by atoms with Gasteiger partial charge in [-0.15, -0.1) is 0 Å². The molecule has 2 atom stereocenters. The Labute approximate surface area is 120 Å². The first-order valence-electron chi connectivity index (χ1n) is 7.54. The molecule has 20 heavy (non-hydrogen) atoms. The number of nitrogens with zero attached hydrogens (tertiary/aromatic N) is 1. The van der Waals surface area contributed by atoms with Crippen LogP contribution in [0.5, 0.6) is 0 Å². The monoisotopic (exact) mass is 274 g/mol. The van der Waals surface area contributed by atoms with Crippen molar-refractivity contribution in [3.8, 4) is 0 Å². The lowest BCUT2D eigenvalue weighted by atomic mass is 9.85. The second kappa shape index (κ2) is 6.27. The summed E-state index contributed by atoms with van der Waals surface area (Å²) in [7, 11) is 0. The van der Waals surface area contributed by atoms with Gasteiger partial charge >= 0.3 is 6.09 Å². The molecule has 0 aromatic heterocycles. The van der Waals surface area contributed by atoms with Crippen molar-refractivity contribution >= 4 is 6.09 Å². The van der Waals surface area contributed by atoms with Crippen LogP contribution in [-0.4, -0.2) is 36.2 Å². The molecule has 0 spiro atoms. The van der Waals surface area contributed by atoms with E-state index in [-0.39, 0.29) is 12.1 Å². The number of rotatable bonds is 4. The molecular weight excluding hydrogens is 252 g/mol. The van der Waals surface area contributed by atoms with Gasteiger partial charge < -0.3 is 10.1 Å². The summed E-state index contributed by atoms with van der Waals surface area (Å²) in [6, 6.07) is 10.6. The number of nitrogens with one attached hydrogen (secondary N) is 1. The molecule has 0 unspecified atom stereocenters. The van der Waals surface area contributed by atoms with Crippen molar-refractivity contribution in [1.82, 2.24) is 10.2 Å². The molecule has 1 N–H and O–H groups in total. The normalized spacial score (nSPS) is 26.0. The van der Waals surface area contributed by atoms with Crippen LogP contribution in [0.15, 0.2) is 30.3 Å². The molecule has 4 heteroatoms. The van der Waals surface area contributed by atoms with Crippen LogP contribution in [0.4, 0.5) is 4.79 Å². The Morgan fingerprint density at radius 3 is 2.60 bits per heavy atom. The van der Waals surface area contributed by atoms with Crippen LogP contribution < -0.4 is 5.32 Å². The summed E-state index contributed by atoms with van der Waals surface area (Å²) < 4.78 is 5.28. The molecule has 1 saturated heterocycles. The van der Waals surface area contributed by atoms with Gasteiger partial charge in [-0.1, -0.05) is 30.3 Å². The largest absolute Gasteiger partial charge is 0.445 e. The predicted molar refractivity (Wildman–Crippen MR) is 77.4 cm³/mol. The zero-order valence-corrected chi connectivity index (χ0v) is 11.8. The van der Waals surface area contributed by atoms with Crippen LogP contribution >= 0.6 is 0 Å².